The first kappa shape index (κ1) is 23.0. The number of amides is 3. The van der Waals surface area contributed by atoms with Crippen LogP contribution in [0.4, 0.5) is 11.4 Å². The molecule has 8 heteroatoms. The Balaban J connectivity index is 1.68. The summed E-state index contributed by atoms with van der Waals surface area (Å²) >= 11 is 3.36. The Morgan fingerprint density at radius 2 is 1.50 bits per heavy atom. The highest BCUT2D eigenvalue weighted by Gasteiger charge is 2.20. The van der Waals surface area contributed by atoms with Gasteiger partial charge in [-0.25, -0.2) is 0 Å². The predicted molar refractivity (Wildman–Crippen MR) is 127 cm³/mol. The van der Waals surface area contributed by atoms with Gasteiger partial charge in [0.2, 0.25) is 5.91 Å². The molecule has 0 aliphatic carbocycles. The fourth-order valence-electron chi connectivity index (χ4n) is 2.98. The first-order valence-electron chi connectivity index (χ1n) is 9.73. The molecule has 7 nitrogen and oxygen atoms in total. The lowest BCUT2D eigenvalue weighted by molar-refractivity contribution is -0.116. The van der Waals surface area contributed by atoms with Crippen molar-refractivity contribution in [2.75, 3.05) is 31.3 Å². The summed E-state index contributed by atoms with van der Waals surface area (Å²) in [5.41, 5.74) is 1.69. The van der Waals surface area contributed by atoms with E-state index in [4.69, 9.17) is 4.74 Å². The third-order valence-corrected chi connectivity index (χ3v) is 5.32. The molecule has 0 spiro atoms. The number of hydrogen-bond acceptors (Lipinski definition) is 4. The molecule has 0 aromatic heterocycles. The molecule has 0 radical (unpaired) electrons. The standard InChI is InChI=1S/C24H22BrN3O4/c1-28(15-22(29)26-16-11-13-17(32-2)14-12-16)24(31)19-8-4-6-10-21(19)27-23(30)18-7-3-5-9-20(18)25/h3-14H,15H2,1-2H3,(H,26,29)(H,27,30). The monoisotopic (exact) mass is 495 g/mol. The van der Waals surface area contributed by atoms with Crippen LogP contribution in [-0.2, 0) is 4.79 Å². The molecule has 0 saturated carbocycles. The number of ether oxygens (including phenoxy) is 1. The molecule has 0 aliphatic heterocycles. The van der Waals surface area contributed by atoms with Crippen molar-refractivity contribution in [3.8, 4) is 5.75 Å². The Hall–Kier alpha value is -3.65. The van der Waals surface area contributed by atoms with E-state index in [9.17, 15) is 14.4 Å². The fourth-order valence-corrected chi connectivity index (χ4v) is 3.45. The predicted octanol–water partition coefficient (Wildman–Crippen LogP) is 4.42. The van der Waals surface area contributed by atoms with Gasteiger partial charge in [0.25, 0.3) is 11.8 Å². The second-order valence-corrected chi connectivity index (χ2v) is 7.77. The number of nitrogens with one attached hydrogen (secondary N) is 2. The smallest absolute Gasteiger partial charge is 0.256 e. The Morgan fingerprint density at radius 3 is 2.16 bits per heavy atom. The first-order valence-corrected chi connectivity index (χ1v) is 10.5. The lowest BCUT2D eigenvalue weighted by Gasteiger charge is -2.19. The van der Waals surface area contributed by atoms with Gasteiger partial charge in [-0.2, -0.15) is 0 Å². The summed E-state index contributed by atoms with van der Waals surface area (Å²) in [7, 11) is 3.09. The summed E-state index contributed by atoms with van der Waals surface area (Å²) in [5.74, 6) is -0.409. The summed E-state index contributed by atoms with van der Waals surface area (Å²) in [6, 6.07) is 20.6. The Labute approximate surface area is 194 Å². The van der Waals surface area contributed by atoms with E-state index in [1.807, 2.05) is 6.07 Å². The molecule has 0 atom stereocenters. The van der Waals surface area contributed by atoms with Crippen molar-refractivity contribution in [2.45, 2.75) is 0 Å². The number of rotatable bonds is 7. The number of hydrogen-bond donors (Lipinski definition) is 2. The normalized spacial score (nSPS) is 10.2. The van der Waals surface area contributed by atoms with E-state index in [1.54, 1.807) is 73.8 Å². The van der Waals surface area contributed by atoms with Gasteiger partial charge in [0, 0.05) is 17.2 Å². The van der Waals surface area contributed by atoms with E-state index in [2.05, 4.69) is 26.6 Å². The molecule has 3 aromatic carbocycles. The van der Waals surface area contributed by atoms with Crippen LogP contribution in [0.1, 0.15) is 20.7 Å². The molecule has 0 bridgehead atoms. The van der Waals surface area contributed by atoms with E-state index in [1.165, 1.54) is 11.9 Å². The fraction of sp³-hybridized carbons (Fsp3) is 0.125. The lowest BCUT2D eigenvalue weighted by Crippen LogP contribution is -2.35. The van der Waals surface area contributed by atoms with Crippen LogP contribution >= 0.6 is 15.9 Å². The van der Waals surface area contributed by atoms with Crippen LogP contribution in [0.2, 0.25) is 0 Å². The number of anilines is 2. The quantitative estimate of drug-likeness (QED) is 0.507. The van der Waals surface area contributed by atoms with E-state index in [-0.39, 0.29) is 23.9 Å². The molecule has 0 heterocycles. The number of carbonyl (C=O) groups is 3. The molecule has 2 N–H and O–H groups in total. The van der Waals surface area contributed by atoms with Crippen LogP contribution in [0.25, 0.3) is 0 Å². The molecule has 164 valence electrons. The van der Waals surface area contributed by atoms with Gasteiger partial charge in [0.05, 0.1) is 30.5 Å². The largest absolute Gasteiger partial charge is 0.497 e. The van der Waals surface area contributed by atoms with Crippen LogP contribution in [0.15, 0.2) is 77.3 Å². The summed E-state index contributed by atoms with van der Waals surface area (Å²) < 4.78 is 5.74. The highest BCUT2D eigenvalue weighted by atomic mass is 79.9. The van der Waals surface area contributed by atoms with E-state index >= 15 is 0 Å². The highest BCUT2D eigenvalue weighted by Crippen LogP contribution is 2.21. The minimum absolute atomic E-state index is 0.155. The zero-order chi connectivity index (χ0) is 23.1. The number of benzene rings is 3. The van der Waals surface area contributed by atoms with Crippen LogP contribution in [0.3, 0.4) is 0 Å². The SMILES string of the molecule is COc1ccc(NC(=O)CN(C)C(=O)c2ccccc2NC(=O)c2ccccc2Br)cc1. The Morgan fingerprint density at radius 1 is 0.875 bits per heavy atom. The maximum absolute atomic E-state index is 13.0. The third-order valence-electron chi connectivity index (χ3n) is 4.63. The van der Waals surface area contributed by atoms with E-state index in [0.717, 1.165) is 0 Å². The minimum Gasteiger partial charge on any atom is -0.497 e. The first-order chi connectivity index (χ1) is 15.4. The number of methoxy groups -OCH3 is 1. The number of para-hydroxylation sites is 1. The Bertz CT molecular complexity index is 1130. The van der Waals surface area contributed by atoms with E-state index < -0.39 is 5.91 Å². The second-order valence-electron chi connectivity index (χ2n) is 6.92. The van der Waals surface area contributed by atoms with Gasteiger partial charge in [-0.1, -0.05) is 24.3 Å². The molecule has 0 aliphatic rings. The summed E-state index contributed by atoms with van der Waals surface area (Å²) in [4.78, 5) is 39.3. The molecule has 32 heavy (non-hydrogen) atoms. The van der Waals surface area contributed by atoms with Crippen molar-refractivity contribution in [1.82, 2.24) is 4.90 Å². The molecule has 0 saturated heterocycles. The highest BCUT2D eigenvalue weighted by molar-refractivity contribution is 9.10. The topological polar surface area (TPSA) is 87.7 Å². The van der Waals surface area contributed by atoms with Gasteiger partial charge in [-0.05, 0) is 64.5 Å². The average Bonchev–Trinajstić information content (AvgIpc) is 2.79. The number of halogens is 1. The van der Waals surface area contributed by atoms with Crippen molar-refractivity contribution in [2.24, 2.45) is 0 Å². The molecular formula is C24H22BrN3O4. The van der Waals surface area contributed by atoms with Crippen molar-refractivity contribution < 1.29 is 19.1 Å². The Kier molecular flexibility index (Phi) is 7.62. The number of nitrogens with zero attached hydrogens (tertiary/aromatic N) is 1. The van der Waals surface area contributed by atoms with Crippen LogP contribution in [0.5, 0.6) is 5.75 Å². The van der Waals surface area contributed by atoms with Gasteiger partial charge in [-0.15, -0.1) is 0 Å². The lowest BCUT2D eigenvalue weighted by atomic mass is 10.1. The summed E-state index contributed by atoms with van der Waals surface area (Å²) in [6.45, 7) is -0.155. The van der Waals surface area contributed by atoms with Crippen molar-refractivity contribution in [1.29, 1.82) is 0 Å². The zero-order valence-corrected chi connectivity index (χ0v) is 19.2. The van der Waals surface area contributed by atoms with E-state index in [0.29, 0.717) is 27.2 Å². The zero-order valence-electron chi connectivity index (χ0n) is 17.6. The molecule has 3 aromatic rings. The molecule has 3 rings (SSSR count). The van der Waals surface area contributed by atoms with Gasteiger partial charge in [-0.3, -0.25) is 14.4 Å². The summed E-state index contributed by atoms with van der Waals surface area (Å²) in [6.07, 6.45) is 0. The number of likely N-dealkylation sites (N-methyl/N-ethyl adjacent to an activating group) is 1. The van der Waals surface area contributed by atoms with Gasteiger partial charge in [0.1, 0.15) is 5.75 Å². The van der Waals surface area contributed by atoms with Crippen molar-refractivity contribution in [3.63, 3.8) is 0 Å². The minimum atomic E-state index is -0.391. The second kappa shape index (κ2) is 10.6. The van der Waals surface area contributed by atoms with Crippen molar-refractivity contribution in [3.05, 3.63) is 88.4 Å². The van der Waals surface area contributed by atoms with Crippen LogP contribution in [0, 0.1) is 0 Å². The molecular weight excluding hydrogens is 474 g/mol. The number of carbonyl (C=O) groups excluding carboxylic acids is 3. The van der Waals surface area contributed by atoms with Gasteiger partial charge >= 0.3 is 0 Å². The van der Waals surface area contributed by atoms with Gasteiger partial charge in [0.15, 0.2) is 0 Å². The maximum Gasteiger partial charge on any atom is 0.256 e. The molecule has 0 fully saturated rings. The van der Waals surface area contributed by atoms with Crippen LogP contribution in [-0.4, -0.2) is 43.3 Å². The van der Waals surface area contributed by atoms with Gasteiger partial charge < -0.3 is 20.3 Å². The maximum atomic E-state index is 13.0. The third kappa shape index (κ3) is 5.73. The molecule has 0 unspecified atom stereocenters. The summed E-state index contributed by atoms with van der Waals surface area (Å²) in [5, 5.41) is 5.52. The van der Waals surface area contributed by atoms with Crippen molar-refractivity contribution >= 4 is 45.0 Å². The average molecular weight is 496 g/mol. The molecule has 3 amide bonds. The van der Waals surface area contributed by atoms with Crippen LogP contribution < -0.4 is 15.4 Å².